The Morgan fingerprint density at radius 1 is 1.11 bits per heavy atom. The van der Waals surface area contributed by atoms with Crippen LogP contribution in [0.5, 0.6) is 11.6 Å². The zero-order chi connectivity index (χ0) is 25.2. The number of nitrogens with one attached hydrogen (secondary N) is 1. The Hall–Kier alpha value is -3.51. The van der Waals surface area contributed by atoms with Gasteiger partial charge in [-0.15, -0.1) is 0 Å². The maximum Gasteiger partial charge on any atom is 0.263 e. The molecule has 0 amide bonds. The molecular weight excluding hydrogens is 543 g/mol. The van der Waals surface area contributed by atoms with Gasteiger partial charge in [0.2, 0.25) is 5.88 Å². The van der Waals surface area contributed by atoms with E-state index < -0.39 is 21.4 Å². The number of nitrogens with zero attached hydrogens (tertiary/aromatic N) is 3. The highest BCUT2D eigenvalue weighted by molar-refractivity contribution is 9.10. The second-order valence-corrected chi connectivity index (χ2v) is 9.90. The maximum absolute atomic E-state index is 14.3. The van der Waals surface area contributed by atoms with Crippen LogP contribution in [-0.4, -0.2) is 36.7 Å². The van der Waals surface area contributed by atoms with Crippen molar-refractivity contribution in [3.8, 4) is 17.3 Å². The lowest BCUT2D eigenvalue weighted by molar-refractivity contribution is 0.305. The number of methoxy groups -OCH3 is 1. The van der Waals surface area contributed by atoms with Gasteiger partial charge >= 0.3 is 0 Å². The van der Waals surface area contributed by atoms with Gasteiger partial charge in [-0.1, -0.05) is 6.92 Å². The lowest BCUT2D eigenvalue weighted by Gasteiger charge is -2.15. The normalized spacial score (nSPS) is 11.4. The van der Waals surface area contributed by atoms with Crippen molar-refractivity contribution in [1.82, 2.24) is 14.5 Å². The van der Waals surface area contributed by atoms with Gasteiger partial charge in [-0.3, -0.25) is 14.1 Å². The molecule has 0 saturated carbocycles. The first kappa shape index (κ1) is 24.6. The van der Waals surface area contributed by atoms with Gasteiger partial charge in [0.25, 0.3) is 15.6 Å². The SMILES string of the molecule is CCCOc1cc(NS(=O)(=O)c2ccc3c(ccc(=O)n3-c3cc(F)c(Br)cc3OC)c2)ncn1. The van der Waals surface area contributed by atoms with Crippen LogP contribution in [0.4, 0.5) is 10.2 Å². The summed E-state index contributed by atoms with van der Waals surface area (Å²) in [6.07, 6.45) is 1.97. The quantitative estimate of drug-likeness (QED) is 0.341. The molecule has 0 unspecified atom stereocenters. The largest absolute Gasteiger partial charge is 0.495 e. The van der Waals surface area contributed by atoms with E-state index in [0.717, 1.165) is 6.42 Å². The highest BCUT2D eigenvalue weighted by Gasteiger charge is 2.19. The van der Waals surface area contributed by atoms with E-state index in [2.05, 4.69) is 30.6 Å². The van der Waals surface area contributed by atoms with Gasteiger partial charge < -0.3 is 9.47 Å². The van der Waals surface area contributed by atoms with Crippen LogP contribution < -0.4 is 19.8 Å². The summed E-state index contributed by atoms with van der Waals surface area (Å²) in [4.78, 5) is 20.6. The summed E-state index contributed by atoms with van der Waals surface area (Å²) < 4.78 is 54.9. The Kier molecular flexibility index (Phi) is 7.03. The zero-order valence-electron chi connectivity index (χ0n) is 18.7. The number of anilines is 1. The first-order valence-corrected chi connectivity index (χ1v) is 12.7. The predicted octanol–water partition coefficient (Wildman–Crippen LogP) is 4.28. The van der Waals surface area contributed by atoms with E-state index in [1.165, 1.54) is 66.5 Å². The summed E-state index contributed by atoms with van der Waals surface area (Å²) >= 11 is 3.10. The van der Waals surface area contributed by atoms with E-state index in [0.29, 0.717) is 17.5 Å². The molecule has 0 saturated heterocycles. The molecular formula is C23H20BrFN4O5S. The van der Waals surface area contributed by atoms with E-state index in [9.17, 15) is 17.6 Å². The van der Waals surface area contributed by atoms with E-state index in [1.807, 2.05) is 6.92 Å². The van der Waals surface area contributed by atoms with Gasteiger partial charge in [0, 0.05) is 23.6 Å². The van der Waals surface area contributed by atoms with Crippen LogP contribution in [0, 0.1) is 5.82 Å². The van der Waals surface area contributed by atoms with Crippen LogP contribution in [0.15, 0.2) is 69.0 Å². The van der Waals surface area contributed by atoms with Crippen LogP contribution >= 0.6 is 15.9 Å². The molecule has 0 spiro atoms. The van der Waals surface area contributed by atoms with Crippen molar-refractivity contribution in [2.75, 3.05) is 18.4 Å². The zero-order valence-corrected chi connectivity index (χ0v) is 21.1. The summed E-state index contributed by atoms with van der Waals surface area (Å²) in [5, 5.41) is 0.438. The smallest absolute Gasteiger partial charge is 0.263 e. The fourth-order valence-electron chi connectivity index (χ4n) is 3.37. The first-order chi connectivity index (χ1) is 16.7. The molecule has 0 bridgehead atoms. The van der Waals surface area contributed by atoms with Gasteiger partial charge in [-0.25, -0.2) is 22.8 Å². The average Bonchev–Trinajstić information content (AvgIpc) is 2.84. The van der Waals surface area contributed by atoms with E-state index in [-0.39, 0.29) is 32.5 Å². The minimum Gasteiger partial charge on any atom is -0.495 e. The molecule has 0 aliphatic heterocycles. The number of sulfonamides is 1. The highest BCUT2D eigenvalue weighted by atomic mass is 79.9. The average molecular weight is 563 g/mol. The van der Waals surface area contributed by atoms with Gasteiger partial charge in [-0.05, 0) is 52.7 Å². The van der Waals surface area contributed by atoms with Crippen LogP contribution in [0.2, 0.25) is 0 Å². The molecule has 2 heterocycles. The number of ether oxygens (including phenoxy) is 2. The molecule has 0 aliphatic rings. The van der Waals surface area contributed by atoms with Crippen LogP contribution in [-0.2, 0) is 10.0 Å². The molecule has 0 radical (unpaired) electrons. The minimum atomic E-state index is -4.03. The number of halogens is 2. The number of aromatic nitrogens is 3. The Morgan fingerprint density at radius 2 is 1.91 bits per heavy atom. The number of benzene rings is 2. The van der Waals surface area contributed by atoms with Gasteiger partial charge in [0.15, 0.2) is 0 Å². The van der Waals surface area contributed by atoms with E-state index >= 15 is 0 Å². The van der Waals surface area contributed by atoms with Crippen LogP contribution in [0.3, 0.4) is 0 Å². The molecule has 4 rings (SSSR count). The number of fused-ring (bicyclic) bond motifs is 1. The summed E-state index contributed by atoms with van der Waals surface area (Å²) in [7, 11) is -2.62. The lowest BCUT2D eigenvalue weighted by atomic mass is 10.2. The first-order valence-electron chi connectivity index (χ1n) is 10.4. The summed E-state index contributed by atoms with van der Waals surface area (Å²) in [5.41, 5.74) is 0.110. The predicted molar refractivity (Wildman–Crippen MR) is 132 cm³/mol. The number of hydrogen-bond acceptors (Lipinski definition) is 7. The maximum atomic E-state index is 14.3. The van der Waals surface area contributed by atoms with Crippen molar-refractivity contribution < 1.29 is 22.3 Å². The molecule has 2 aromatic carbocycles. The number of pyridine rings is 1. The van der Waals surface area contributed by atoms with E-state index in [4.69, 9.17) is 9.47 Å². The Bertz CT molecular complexity index is 1580. The Morgan fingerprint density at radius 3 is 2.66 bits per heavy atom. The minimum absolute atomic E-state index is 0.0474. The van der Waals surface area contributed by atoms with Crippen molar-refractivity contribution in [3.05, 3.63) is 75.5 Å². The van der Waals surface area contributed by atoms with Crippen LogP contribution in [0.25, 0.3) is 16.6 Å². The van der Waals surface area contributed by atoms with Gasteiger partial charge in [0.1, 0.15) is 23.7 Å². The fourth-order valence-corrected chi connectivity index (χ4v) is 4.73. The third-order valence-electron chi connectivity index (χ3n) is 4.97. The summed E-state index contributed by atoms with van der Waals surface area (Å²) in [6, 6.07) is 11.0. The Labute approximate surface area is 208 Å². The summed E-state index contributed by atoms with van der Waals surface area (Å²) in [5.74, 6) is -0.0275. The van der Waals surface area contributed by atoms with E-state index in [1.54, 1.807) is 0 Å². The third-order valence-corrected chi connectivity index (χ3v) is 6.93. The summed E-state index contributed by atoms with van der Waals surface area (Å²) in [6.45, 7) is 2.37. The monoisotopic (exact) mass is 562 g/mol. The number of rotatable bonds is 8. The molecule has 0 aliphatic carbocycles. The molecule has 9 nitrogen and oxygen atoms in total. The standard InChI is InChI=1S/C23H20BrFN4O5S/c1-3-8-34-22-12-21(26-13-27-22)28-35(31,32)15-5-6-18-14(9-15)4-7-23(30)29(18)19-11-17(25)16(24)10-20(19)33-2/h4-7,9-13H,3,8H2,1-2H3,(H,26,27,28). The highest BCUT2D eigenvalue weighted by Crippen LogP contribution is 2.31. The van der Waals surface area contributed by atoms with Crippen molar-refractivity contribution in [3.63, 3.8) is 0 Å². The molecule has 4 aromatic rings. The van der Waals surface area contributed by atoms with Crippen molar-refractivity contribution in [2.24, 2.45) is 0 Å². The molecule has 12 heteroatoms. The van der Waals surface area contributed by atoms with Crippen molar-refractivity contribution in [1.29, 1.82) is 0 Å². The lowest BCUT2D eigenvalue weighted by Crippen LogP contribution is -2.19. The number of hydrogen-bond donors (Lipinski definition) is 1. The molecule has 2 aromatic heterocycles. The van der Waals surface area contributed by atoms with Crippen molar-refractivity contribution >= 4 is 42.7 Å². The van der Waals surface area contributed by atoms with Gasteiger partial charge in [0.05, 0.1) is 34.3 Å². The topological polar surface area (TPSA) is 112 Å². The van der Waals surface area contributed by atoms with Crippen LogP contribution in [0.1, 0.15) is 13.3 Å². The molecule has 1 N–H and O–H groups in total. The third kappa shape index (κ3) is 5.13. The molecule has 0 atom stereocenters. The molecule has 35 heavy (non-hydrogen) atoms. The molecule has 182 valence electrons. The fraction of sp³-hybridized carbons (Fsp3) is 0.174. The van der Waals surface area contributed by atoms with Gasteiger partial charge in [-0.2, -0.15) is 0 Å². The second kappa shape index (κ2) is 10.0. The van der Waals surface area contributed by atoms with Crippen molar-refractivity contribution in [2.45, 2.75) is 18.2 Å². The Balaban J connectivity index is 1.76. The molecule has 0 fully saturated rings. The second-order valence-electron chi connectivity index (χ2n) is 7.36.